The number of carbonyl (C=O) groups excluding carboxylic acids is 1. The summed E-state index contributed by atoms with van der Waals surface area (Å²) in [6.45, 7) is 0. The third-order valence-corrected chi connectivity index (χ3v) is 8.14. The van der Waals surface area contributed by atoms with E-state index in [9.17, 15) is 13.2 Å². The molecule has 2 fully saturated rings. The smallest absolute Gasteiger partial charge is 0.279 e. The van der Waals surface area contributed by atoms with Crippen LogP contribution in [0.2, 0.25) is 0 Å². The first-order chi connectivity index (χ1) is 13.9. The van der Waals surface area contributed by atoms with Gasteiger partial charge in [0.1, 0.15) is 11.5 Å². The third-order valence-electron chi connectivity index (χ3n) is 4.93. The van der Waals surface area contributed by atoms with Crippen LogP contribution in [0.3, 0.4) is 0 Å². The molecule has 2 saturated heterocycles. The predicted molar refractivity (Wildman–Crippen MR) is 114 cm³/mol. The van der Waals surface area contributed by atoms with Crippen molar-refractivity contribution in [2.45, 2.75) is 11.3 Å². The van der Waals surface area contributed by atoms with Crippen molar-refractivity contribution in [2.24, 2.45) is 4.99 Å². The van der Waals surface area contributed by atoms with Gasteiger partial charge in [-0.05, 0) is 24.3 Å². The number of fused-ring (bicyclic) bond motifs is 1. The minimum absolute atomic E-state index is 0.00355. The van der Waals surface area contributed by atoms with Crippen LogP contribution in [0, 0.1) is 0 Å². The molecule has 4 rings (SSSR count). The fourth-order valence-electron chi connectivity index (χ4n) is 3.56. The van der Waals surface area contributed by atoms with Crippen molar-refractivity contribution < 1.29 is 22.7 Å². The lowest BCUT2D eigenvalue weighted by Gasteiger charge is -2.26. The highest BCUT2D eigenvalue weighted by Gasteiger charge is 2.50. The molecule has 0 radical (unpaired) electrons. The van der Waals surface area contributed by atoms with Crippen LogP contribution in [-0.4, -0.2) is 56.5 Å². The van der Waals surface area contributed by atoms with E-state index < -0.39 is 9.84 Å². The molecule has 0 unspecified atom stereocenters. The normalized spacial score (nSPS) is 23.8. The highest BCUT2D eigenvalue weighted by atomic mass is 32.2. The van der Waals surface area contributed by atoms with E-state index in [1.807, 2.05) is 11.0 Å². The van der Waals surface area contributed by atoms with E-state index in [0.717, 1.165) is 0 Å². The second-order valence-corrected chi connectivity index (χ2v) is 10.1. The maximum atomic E-state index is 12.7. The van der Waals surface area contributed by atoms with E-state index in [2.05, 4.69) is 4.99 Å². The van der Waals surface area contributed by atoms with Crippen LogP contribution in [0.15, 0.2) is 53.5 Å². The number of thioether (sulfide) groups is 1. The van der Waals surface area contributed by atoms with Gasteiger partial charge in [-0.3, -0.25) is 4.79 Å². The summed E-state index contributed by atoms with van der Waals surface area (Å²) in [4.78, 5) is 18.8. The number of nitrogens with zero attached hydrogens (tertiary/aromatic N) is 2. The first kappa shape index (κ1) is 19.8. The fraction of sp³-hybridized carbons (Fsp3) is 0.300. The van der Waals surface area contributed by atoms with Gasteiger partial charge in [0.15, 0.2) is 15.0 Å². The summed E-state index contributed by atoms with van der Waals surface area (Å²) >= 11 is 1.32. The molecule has 1 amide bonds. The monoisotopic (exact) mass is 432 g/mol. The SMILES string of the molecule is COc1ccc(OC)c(N2C(=NC(=O)c3ccccc3)S[C@@H]3CS(=O)(=O)C[C@H]32)c1. The number of hydrogen-bond acceptors (Lipinski definition) is 6. The number of sulfone groups is 1. The molecule has 2 aliphatic rings. The van der Waals surface area contributed by atoms with E-state index in [1.54, 1.807) is 56.7 Å². The Morgan fingerprint density at radius 2 is 1.86 bits per heavy atom. The first-order valence-corrected chi connectivity index (χ1v) is 11.7. The molecule has 0 aromatic heterocycles. The number of amidine groups is 1. The largest absolute Gasteiger partial charge is 0.497 e. The summed E-state index contributed by atoms with van der Waals surface area (Å²) in [6.07, 6.45) is 0. The molecule has 7 nitrogen and oxygen atoms in total. The quantitative estimate of drug-likeness (QED) is 0.734. The zero-order chi connectivity index (χ0) is 20.6. The number of ether oxygens (including phenoxy) is 2. The summed E-state index contributed by atoms with van der Waals surface area (Å²) in [5.74, 6) is 0.843. The molecule has 0 N–H and O–H groups in total. The molecule has 29 heavy (non-hydrogen) atoms. The number of rotatable bonds is 4. The molecular formula is C20H20N2O5S2. The van der Waals surface area contributed by atoms with Crippen molar-refractivity contribution in [2.75, 3.05) is 30.6 Å². The maximum Gasteiger partial charge on any atom is 0.279 e. The predicted octanol–water partition coefficient (Wildman–Crippen LogP) is 2.62. The van der Waals surface area contributed by atoms with Crippen molar-refractivity contribution in [3.05, 3.63) is 54.1 Å². The van der Waals surface area contributed by atoms with Gasteiger partial charge in [0.2, 0.25) is 0 Å². The van der Waals surface area contributed by atoms with Crippen LogP contribution in [0.5, 0.6) is 11.5 Å². The minimum atomic E-state index is -3.16. The van der Waals surface area contributed by atoms with Crippen LogP contribution in [-0.2, 0) is 9.84 Å². The van der Waals surface area contributed by atoms with Gasteiger partial charge >= 0.3 is 0 Å². The van der Waals surface area contributed by atoms with E-state index in [-0.39, 0.29) is 28.7 Å². The Labute approximate surface area is 173 Å². The topological polar surface area (TPSA) is 85.3 Å². The maximum absolute atomic E-state index is 12.7. The van der Waals surface area contributed by atoms with Gasteiger partial charge in [-0.25, -0.2) is 8.42 Å². The van der Waals surface area contributed by atoms with E-state index in [1.165, 1.54) is 11.8 Å². The van der Waals surface area contributed by atoms with Gasteiger partial charge in [0.05, 0.1) is 37.5 Å². The molecular weight excluding hydrogens is 412 g/mol. The summed E-state index contributed by atoms with van der Waals surface area (Å²) in [5.41, 5.74) is 1.10. The average Bonchev–Trinajstić information content (AvgIpc) is 3.18. The van der Waals surface area contributed by atoms with Crippen molar-refractivity contribution >= 4 is 38.4 Å². The van der Waals surface area contributed by atoms with Gasteiger partial charge in [-0.2, -0.15) is 4.99 Å². The molecule has 0 bridgehead atoms. The highest BCUT2D eigenvalue weighted by molar-refractivity contribution is 8.16. The van der Waals surface area contributed by atoms with Crippen LogP contribution in [0.4, 0.5) is 5.69 Å². The van der Waals surface area contributed by atoms with Crippen LogP contribution < -0.4 is 14.4 Å². The standard InChI is InChI=1S/C20H20N2O5S2/c1-26-14-8-9-17(27-2)15(10-14)22-16-11-29(24,25)12-18(16)28-20(22)21-19(23)13-6-4-3-5-7-13/h3-10,16,18H,11-12H2,1-2H3/t16-,18-/m1/s1. The fourth-order valence-corrected chi connectivity index (χ4v) is 7.47. The Morgan fingerprint density at radius 3 is 2.55 bits per heavy atom. The van der Waals surface area contributed by atoms with E-state index in [0.29, 0.717) is 27.9 Å². The lowest BCUT2D eigenvalue weighted by atomic mass is 10.1. The second-order valence-electron chi connectivity index (χ2n) is 6.77. The minimum Gasteiger partial charge on any atom is -0.497 e. The zero-order valence-corrected chi connectivity index (χ0v) is 17.6. The van der Waals surface area contributed by atoms with Gasteiger partial charge in [0, 0.05) is 16.9 Å². The zero-order valence-electron chi connectivity index (χ0n) is 15.9. The van der Waals surface area contributed by atoms with Crippen LogP contribution in [0.25, 0.3) is 0 Å². The van der Waals surface area contributed by atoms with Crippen LogP contribution in [0.1, 0.15) is 10.4 Å². The number of aliphatic imine (C=N–C) groups is 1. The Bertz CT molecular complexity index is 1070. The molecule has 0 saturated carbocycles. The average molecular weight is 433 g/mol. The van der Waals surface area contributed by atoms with Gasteiger partial charge in [-0.15, -0.1) is 0 Å². The highest BCUT2D eigenvalue weighted by Crippen LogP contribution is 2.45. The molecule has 9 heteroatoms. The van der Waals surface area contributed by atoms with E-state index in [4.69, 9.17) is 9.47 Å². The number of benzene rings is 2. The number of anilines is 1. The third kappa shape index (κ3) is 3.84. The molecule has 2 atom stereocenters. The lowest BCUT2D eigenvalue weighted by Crippen LogP contribution is -2.38. The lowest BCUT2D eigenvalue weighted by molar-refractivity contribution is 0.100. The van der Waals surface area contributed by atoms with Gasteiger partial charge < -0.3 is 14.4 Å². The first-order valence-electron chi connectivity index (χ1n) is 8.98. The summed E-state index contributed by atoms with van der Waals surface area (Å²) < 4.78 is 35.3. The number of hydrogen-bond donors (Lipinski definition) is 0. The Kier molecular flexibility index (Phi) is 5.26. The van der Waals surface area contributed by atoms with Crippen molar-refractivity contribution in [1.29, 1.82) is 0 Å². The molecule has 0 spiro atoms. The molecule has 0 aliphatic carbocycles. The Hall–Kier alpha value is -2.52. The summed E-state index contributed by atoms with van der Waals surface area (Å²) in [7, 11) is -0.0586. The summed E-state index contributed by atoms with van der Waals surface area (Å²) in [6, 6.07) is 13.8. The molecule has 2 aromatic rings. The van der Waals surface area contributed by atoms with Crippen molar-refractivity contribution in [3.63, 3.8) is 0 Å². The molecule has 2 heterocycles. The molecule has 2 aliphatic heterocycles. The van der Waals surface area contributed by atoms with Gasteiger partial charge in [0.25, 0.3) is 5.91 Å². The Morgan fingerprint density at radius 1 is 1.10 bits per heavy atom. The molecule has 152 valence electrons. The van der Waals surface area contributed by atoms with Gasteiger partial charge in [-0.1, -0.05) is 30.0 Å². The second kappa shape index (κ2) is 7.72. The number of methoxy groups -OCH3 is 2. The van der Waals surface area contributed by atoms with Crippen LogP contribution >= 0.6 is 11.8 Å². The Balaban J connectivity index is 1.80. The summed E-state index contributed by atoms with van der Waals surface area (Å²) in [5, 5.41) is 0.272. The van der Waals surface area contributed by atoms with E-state index >= 15 is 0 Å². The molecule has 2 aromatic carbocycles. The number of amides is 1. The number of carbonyl (C=O) groups is 1. The van der Waals surface area contributed by atoms with Crippen molar-refractivity contribution in [1.82, 2.24) is 0 Å². The van der Waals surface area contributed by atoms with Crippen molar-refractivity contribution in [3.8, 4) is 11.5 Å².